The van der Waals surface area contributed by atoms with Gasteiger partial charge in [0.05, 0.1) is 12.3 Å². The van der Waals surface area contributed by atoms with Crippen molar-refractivity contribution in [1.82, 2.24) is 9.97 Å². The number of nitrogens with two attached hydrogens (primary N) is 1. The van der Waals surface area contributed by atoms with E-state index in [-0.39, 0.29) is 5.95 Å². The predicted octanol–water partition coefficient (Wildman–Crippen LogP) is 4.57. The first-order valence-corrected chi connectivity index (χ1v) is 9.94. The number of nitrogens with one attached hydrogen (secondary N) is 2. The first kappa shape index (κ1) is 21.1. The molecule has 0 radical (unpaired) electrons. The molecule has 3 aromatic rings. The topological polar surface area (TPSA) is 102 Å². The normalized spacial score (nSPS) is 10.5. The van der Waals surface area contributed by atoms with Gasteiger partial charge in [0.25, 0.3) is 0 Å². The van der Waals surface area contributed by atoms with Crippen LogP contribution in [0.1, 0.15) is 23.6 Å². The monoisotopic (exact) mass is 405 g/mol. The molecule has 0 aliphatic heterocycles. The lowest BCUT2D eigenvalue weighted by Gasteiger charge is -2.11. The Morgan fingerprint density at radius 3 is 2.60 bits per heavy atom. The Kier molecular flexibility index (Phi) is 6.85. The molecule has 0 saturated carbocycles. The Hall–Kier alpha value is -3.61. The van der Waals surface area contributed by atoms with E-state index in [1.165, 1.54) is 11.1 Å². The molecule has 7 nitrogen and oxygen atoms in total. The summed E-state index contributed by atoms with van der Waals surface area (Å²) in [5, 5.41) is 6.00. The van der Waals surface area contributed by atoms with Crippen LogP contribution in [0.4, 0.5) is 22.2 Å². The van der Waals surface area contributed by atoms with E-state index in [0.29, 0.717) is 24.7 Å². The highest BCUT2D eigenvalue weighted by Crippen LogP contribution is 2.26. The molecule has 0 bridgehead atoms. The second-order valence-corrected chi connectivity index (χ2v) is 6.96. The summed E-state index contributed by atoms with van der Waals surface area (Å²) in [6.45, 7) is 6.96. The maximum atomic E-state index is 11.5. The largest absolute Gasteiger partial charge is 0.450 e. The molecule has 0 unspecified atom stereocenters. The molecular weight excluding hydrogens is 378 g/mol. The Morgan fingerprint density at radius 1 is 1.10 bits per heavy atom. The quantitative estimate of drug-likeness (QED) is 0.532. The summed E-state index contributed by atoms with van der Waals surface area (Å²) >= 11 is 0. The lowest BCUT2D eigenvalue weighted by atomic mass is 10.0. The fourth-order valence-corrected chi connectivity index (χ4v) is 3.10. The molecule has 0 saturated heterocycles. The van der Waals surface area contributed by atoms with Gasteiger partial charge in [0, 0.05) is 23.9 Å². The molecule has 4 N–H and O–H groups in total. The summed E-state index contributed by atoms with van der Waals surface area (Å²) in [5.41, 5.74) is 12.0. The number of nitrogens with zero attached hydrogens (tertiary/aromatic N) is 2. The van der Waals surface area contributed by atoms with E-state index in [2.05, 4.69) is 40.5 Å². The van der Waals surface area contributed by atoms with E-state index in [1.807, 2.05) is 42.5 Å². The molecule has 0 aliphatic rings. The minimum absolute atomic E-state index is 0.241. The van der Waals surface area contributed by atoms with Crippen LogP contribution in [0.15, 0.2) is 48.5 Å². The van der Waals surface area contributed by atoms with Crippen molar-refractivity contribution in [3.8, 4) is 11.3 Å². The van der Waals surface area contributed by atoms with Crippen LogP contribution in [0, 0.1) is 13.8 Å². The van der Waals surface area contributed by atoms with Crippen LogP contribution in [0.25, 0.3) is 11.3 Å². The SMILES string of the molecule is CCOC(=O)Nc1ccc(CCNc2cc(-c3cccc(C)c3C)nc(N)n2)cc1. The molecule has 156 valence electrons. The summed E-state index contributed by atoms with van der Waals surface area (Å²) in [4.78, 5) is 20.2. The molecule has 3 rings (SSSR count). The fraction of sp³-hybridized carbons (Fsp3) is 0.261. The van der Waals surface area contributed by atoms with Gasteiger partial charge in [-0.05, 0) is 56.0 Å². The molecule has 1 heterocycles. The predicted molar refractivity (Wildman–Crippen MR) is 121 cm³/mol. The minimum atomic E-state index is -0.451. The van der Waals surface area contributed by atoms with Crippen molar-refractivity contribution in [1.29, 1.82) is 0 Å². The number of aryl methyl sites for hydroxylation is 1. The summed E-state index contributed by atoms with van der Waals surface area (Å²) in [5.74, 6) is 0.935. The molecular formula is C23H27N5O2. The van der Waals surface area contributed by atoms with Gasteiger partial charge in [-0.3, -0.25) is 5.32 Å². The van der Waals surface area contributed by atoms with Gasteiger partial charge in [0.1, 0.15) is 5.82 Å². The van der Waals surface area contributed by atoms with Crippen LogP contribution >= 0.6 is 0 Å². The number of nitrogen functional groups attached to an aromatic ring is 1. The van der Waals surface area contributed by atoms with Crippen molar-refractivity contribution in [2.75, 3.05) is 29.5 Å². The van der Waals surface area contributed by atoms with Crippen molar-refractivity contribution >= 4 is 23.5 Å². The van der Waals surface area contributed by atoms with E-state index in [4.69, 9.17) is 10.5 Å². The molecule has 30 heavy (non-hydrogen) atoms. The Bertz CT molecular complexity index is 1020. The third-order valence-corrected chi connectivity index (χ3v) is 4.82. The number of carbonyl (C=O) groups excluding carboxylic acids is 1. The van der Waals surface area contributed by atoms with Crippen LogP contribution in [0.5, 0.6) is 0 Å². The molecule has 0 spiro atoms. The van der Waals surface area contributed by atoms with E-state index in [0.717, 1.165) is 23.2 Å². The van der Waals surface area contributed by atoms with Crippen molar-refractivity contribution < 1.29 is 9.53 Å². The second-order valence-electron chi connectivity index (χ2n) is 6.96. The van der Waals surface area contributed by atoms with Crippen LogP contribution < -0.4 is 16.4 Å². The van der Waals surface area contributed by atoms with Crippen LogP contribution in [-0.2, 0) is 11.2 Å². The fourth-order valence-electron chi connectivity index (χ4n) is 3.10. The Labute approximate surface area is 176 Å². The Morgan fingerprint density at radius 2 is 1.87 bits per heavy atom. The van der Waals surface area contributed by atoms with Gasteiger partial charge >= 0.3 is 6.09 Å². The van der Waals surface area contributed by atoms with Gasteiger partial charge in [-0.15, -0.1) is 0 Å². The zero-order chi connectivity index (χ0) is 21.5. The average Bonchev–Trinajstić information content (AvgIpc) is 2.71. The van der Waals surface area contributed by atoms with Gasteiger partial charge in [-0.2, -0.15) is 4.98 Å². The van der Waals surface area contributed by atoms with Gasteiger partial charge in [-0.25, -0.2) is 9.78 Å². The van der Waals surface area contributed by atoms with E-state index in [1.54, 1.807) is 6.92 Å². The van der Waals surface area contributed by atoms with Gasteiger partial charge in [0.15, 0.2) is 0 Å². The van der Waals surface area contributed by atoms with Crippen molar-refractivity contribution in [2.45, 2.75) is 27.2 Å². The van der Waals surface area contributed by atoms with Crippen molar-refractivity contribution in [2.24, 2.45) is 0 Å². The van der Waals surface area contributed by atoms with E-state index >= 15 is 0 Å². The van der Waals surface area contributed by atoms with Gasteiger partial charge in [0.2, 0.25) is 5.95 Å². The van der Waals surface area contributed by atoms with Gasteiger partial charge in [-0.1, -0.05) is 30.3 Å². The number of hydrogen-bond acceptors (Lipinski definition) is 6. The maximum absolute atomic E-state index is 11.5. The number of benzene rings is 2. The van der Waals surface area contributed by atoms with Crippen LogP contribution in [0.3, 0.4) is 0 Å². The van der Waals surface area contributed by atoms with E-state index < -0.39 is 6.09 Å². The molecule has 7 heteroatoms. The lowest BCUT2D eigenvalue weighted by molar-refractivity contribution is 0.168. The number of anilines is 3. The highest BCUT2D eigenvalue weighted by Gasteiger charge is 2.09. The van der Waals surface area contributed by atoms with Gasteiger partial charge < -0.3 is 15.8 Å². The number of rotatable bonds is 7. The number of hydrogen-bond donors (Lipinski definition) is 3. The number of aromatic nitrogens is 2. The van der Waals surface area contributed by atoms with Crippen LogP contribution in [-0.4, -0.2) is 29.2 Å². The maximum Gasteiger partial charge on any atom is 0.411 e. The number of amides is 1. The summed E-state index contributed by atoms with van der Waals surface area (Å²) in [6.07, 6.45) is 0.343. The third-order valence-electron chi connectivity index (χ3n) is 4.82. The second kappa shape index (κ2) is 9.73. The molecule has 2 aromatic carbocycles. The zero-order valence-electron chi connectivity index (χ0n) is 17.5. The molecule has 0 atom stereocenters. The zero-order valence-corrected chi connectivity index (χ0v) is 17.5. The summed E-state index contributed by atoms with van der Waals surface area (Å²) in [7, 11) is 0. The van der Waals surface area contributed by atoms with Crippen molar-refractivity contribution in [3.05, 3.63) is 65.2 Å². The smallest absolute Gasteiger partial charge is 0.411 e. The first-order valence-electron chi connectivity index (χ1n) is 9.94. The molecule has 0 fully saturated rings. The first-order chi connectivity index (χ1) is 14.5. The summed E-state index contributed by atoms with van der Waals surface area (Å²) < 4.78 is 4.87. The molecule has 1 aromatic heterocycles. The molecule has 0 aliphatic carbocycles. The highest BCUT2D eigenvalue weighted by molar-refractivity contribution is 5.84. The highest BCUT2D eigenvalue weighted by atomic mass is 16.5. The lowest BCUT2D eigenvalue weighted by Crippen LogP contribution is -2.13. The summed E-state index contributed by atoms with van der Waals surface area (Å²) in [6, 6.07) is 15.7. The van der Waals surface area contributed by atoms with Crippen molar-refractivity contribution in [3.63, 3.8) is 0 Å². The standard InChI is InChI=1S/C23H27N5O2/c1-4-30-23(29)26-18-10-8-17(9-11-18)12-13-25-21-14-20(27-22(24)28-21)19-7-5-6-15(2)16(19)3/h5-11,14H,4,12-13H2,1-3H3,(H,26,29)(H3,24,25,27,28). The van der Waals surface area contributed by atoms with Crippen LogP contribution in [0.2, 0.25) is 0 Å². The number of carbonyl (C=O) groups is 1. The average molecular weight is 406 g/mol. The third kappa shape index (κ3) is 5.47. The number of ether oxygens (including phenoxy) is 1. The molecule has 1 amide bonds. The minimum Gasteiger partial charge on any atom is -0.450 e. The van der Waals surface area contributed by atoms with E-state index in [9.17, 15) is 4.79 Å². The Balaban J connectivity index is 1.62.